The summed E-state index contributed by atoms with van der Waals surface area (Å²) in [5.41, 5.74) is 0.604. The zero-order valence-electron chi connectivity index (χ0n) is 19.9. The van der Waals surface area contributed by atoms with Crippen molar-refractivity contribution in [3.63, 3.8) is 0 Å². The van der Waals surface area contributed by atoms with E-state index in [4.69, 9.17) is 14.0 Å². The number of carbonyl (C=O) groups is 1. The quantitative estimate of drug-likeness (QED) is 0.295. The molecular weight excluding hydrogens is 516 g/mol. The molecule has 0 aliphatic heterocycles. The Hall–Kier alpha value is -3.72. The summed E-state index contributed by atoms with van der Waals surface area (Å²) in [5.74, 6) is 0.0937. The Morgan fingerprint density at radius 1 is 1.00 bits per heavy atom. The van der Waals surface area contributed by atoms with Gasteiger partial charge in [0.05, 0.1) is 25.5 Å². The van der Waals surface area contributed by atoms with Crippen LogP contribution in [0.3, 0.4) is 0 Å². The molecule has 8 nitrogen and oxygen atoms in total. The van der Waals surface area contributed by atoms with Crippen molar-refractivity contribution in [2.45, 2.75) is 26.2 Å². The maximum Gasteiger partial charge on any atom is 0.241 e. The van der Waals surface area contributed by atoms with Crippen LogP contribution in [0.5, 0.6) is 23.1 Å². The minimum atomic E-state index is -0.567. The first-order valence-corrected chi connectivity index (χ1v) is 11.5. The molecule has 2 heterocycles. The van der Waals surface area contributed by atoms with Crippen LogP contribution in [-0.2, 0) is 5.41 Å². The molecule has 0 aliphatic rings. The Morgan fingerprint density at radius 3 is 2.23 bits per heavy atom. The fourth-order valence-corrected chi connectivity index (χ4v) is 3.98. The molecule has 0 fully saturated rings. The molecule has 182 valence electrons. The first-order valence-electron chi connectivity index (χ1n) is 10.7. The number of hydrogen-bond acceptors (Lipinski definition) is 7. The summed E-state index contributed by atoms with van der Waals surface area (Å²) < 4.78 is 18.4. The molecule has 4 aromatic rings. The number of aromatic hydroxyl groups is 2. The number of rotatable bonds is 6. The topological polar surface area (TPSA) is 107 Å². The largest absolute Gasteiger partial charge is 0.503 e. The van der Waals surface area contributed by atoms with Crippen LogP contribution in [0, 0.1) is 0 Å². The van der Waals surface area contributed by atoms with E-state index in [9.17, 15) is 15.0 Å². The van der Waals surface area contributed by atoms with Crippen LogP contribution >= 0.6 is 15.9 Å². The molecule has 0 unspecified atom stereocenters. The van der Waals surface area contributed by atoms with Gasteiger partial charge in [0.2, 0.25) is 5.88 Å². The molecule has 0 bridgehead atoms. The number of aromatic nitrogens is 2. The van der Waals surface area contributed by atoms with Crippen molar-refractivity contribution < 1.29 is 29.0 Å². The zero-order chi connectivity index (χ0) is 25.5. The van der Waals surface area contributed by atoms with Gasteiger partial charge in [-0.2, -0.15) is 0 Å². The monoisotopic (exact) mass is 540 g/mol. The molecular formula is C26H25BrN2O6. The standard InChI is InChI=1S/C26H25BrN2O6/c1-26(2,3)19-13-20(28-35-19)29-22(15-8-11-17(33-4)18(12-15)34-5)21(24(31)25(29)32)23(30)14-6-9-16(27)10-7-14/h6-13,31-32H,1-5H3. The first-order chi connectivity index (χ1) is 16.6. The minimum Gasteiger partial charge on any atom is -0.503 e. The van der Waals surface area contributed by atoms with Crippen LogP contribution in [0.2, 0.25) is 0 Å². The van der Waals surface area contributed by atoms with Crippen LogP contribution in [0.4, 0.5) is 0 Å². The van der Waals surface area contributed by atoms with Crippen LogP contribution in [0.1, 0.15) is 42.5 Å². The van der Waals surface area contributed by atoms with E-state index in [1.807, 2.05) is 20.8 Å². The van der Waals surface area contributed by atoms with E-state index in [0.717, 1.165) is 4.47 Å². The number of hydrogen-bond donors (Lipinski definition) is 2. The van der Waals surface area contributed by atoms with E-state index < -0.39 is 17.4 Å². The summed E-state index contributed by atoms with van der Waals surface area (Å²) in [7, 11) is 3.01. The fourth-order valence-electron chi connectivity index (χ4n) is 3.71. The molecule has 0 radical (unpaired) electrons. The minimum absolute atomic E-state index is 0.0858. The van der Waals surface area contributed by atoms with Crippen molar-refractivity contribution in [1.82, 2.24) is 9.72 Å². The lowest BCUT2D eigenvalue weighted by atomic mass is 9.93. The first kappa shape index (κ1) is 24.4. The Labute approximate surface area is 210 Å². The summed E-state index contributed by atoms with van der Waals surface area (Å²) in [6, 6.07) is 13.4. The smallest absolute Gasteiger partial charge is 0.241 e. The van der Waals surface area contributed by atoms with Crippen LogP contribution < -0.4 is 9.47 Å². The summed E-state index contributed by atoms with van der Waals surface area (Å²) in [4.78, 5) is 13.6. The molecule has 0 saturated heterocycles. The fraction of sp³-hybridized carbons (Fsp3) is 0.231. The SMILES string of the molecule is COc1ccc(-c2c(C(=O)c3ccc(Br)cc3)c(O)c(O)n2-c2cc(C(C)(C)C)on2)cc1OC. The van der Waals surface area contributed by atoms with E-state index in [1.165, 1.54) is 18.8 Å². The van der Waals surface area contributed by atoms with Gasteiger partial charge < -0.3 is 24.2 Å². The van der Waals surface area contributed by atoms with Crippen molar-refractivity contribution in [3.05, 3.63) is 69.9 Å². The molecule has 9 heteroatoms. The summed E-state index contributed by atoms with van der Waals surface area (Å²) in [6.45, 7) is 5.88. The van der Waals surface area contributed by atoms with Gasteiger partial charge in [-0.05, 0) is 42.5 Å². The molecule has 4 rings (SSSR count). The molecule has 35 heavy (non-hydrogen) atoms. The van der Waals surface area contributed by atoms with Gasteiger partial charge in [0.1, 0.15) is 5.76 Å². The van der Waals surface area contributed by atoms with E-state index in [1.54, 1.807) is 48.5 Å². The lowest BCUT2D eigenvalue weighted by Crippen LogP contribution is -2.09. The van der Waals surface area contributed by atoms with E-state index >= 15 is 0 Å². The third-order valence-electron chi connectivity index (χ3n) is 5.58. The highest BCUT2D eigenvalue weighted by Crippen LogP contribution is 2.45. The van der Waals surface area contributed by atoms with Gasteiger partial charge in [-0.1, -0.05) is 41.9 Å². The van der Waals surface area contributed by atoms with Gasteiger partial charge in [-0.25, -0.2) is 0 Å². The summed E-state index contributed by atoms with van der Waals surface area (Å²) >= 11 is 3.36. The highest BCUT2D eigenvalue weighted by atomic mass is 79.9. The number of ether oxygens (including phenoxy) is 2. The van der Waals surface area contributed by atoms with Crippen LogP contribution in [0.15, 0.2) is 57.5 Å². The third-order valence-corrected chi connectivity index (χ3v) is 6.11. The number of carbonyl (C=O) groups excluding carboxylic acids is 1. The Bertz CT molecular complexity index is 1400. The zero-order valence-corrected chi connectivity index (χ0v) is 21.5. The second-order valence-electron chi connectivity index (χ2n) is 8.94. The number of ketones is 1. The van der Waals surface area contributed by atoms with Crippen molar-refractivity contribution in [3.8, 4) is 40.2 Å². The van der Waals surface area contributed by atoms with Crippen molar-refractivity contribution in [1.29, 1.82) is 0 Å². The van der Waals surface area contributed by atoms with Crippen molar-refractivity contribution in [2.24, 2.45) is 0 Å². The molecule has 0 aliphatic carbocycles. The van der Waals surface area contributed by atoms with Crippen molar-refractivity contribution in [2.75, 3.05) is 14.2 Å². The predicted molar refractivity (Wildman–Crippen MR) is 134 cm³/mol. The highest BCUT2D eigenvalue weighted by Gasteiger charge is 2.32. The number of nitrogens with zero attached hydrogens (tertiary/aromatic N) is 2. The lowest BCUT2D eigenvalue weighted by molar-refractivity contribution is 0.103. The number of benzene rings is 2. The normalized spacial score (nSPS) is 11.5. The van der Waals surface area contributed by atoms with Gasteiger partial charge in [-0.3, -0.25) is 9.36 Å². The average molecular weight is 541 g/mol. The van der Waals surface area contributed by atoms with E-state index in [-0.39, 0.29) is 22.5 Å². The Morgan fingerprint density at radius 2 is 1.66 bits per heavy atom. The van der Waals surface area contributed by atoms with Gasteiger partial charge in [0.15, 0.2) is 28.8 Å². The van der Waals surface area contributed by atoms with Crippen LogP contribution in [-0.4, -0.2) is 39.9 Å². The molecule has 0 saturated carbocycles. The van der Waals surface area contributed by atoms with Gasteiger partial charge in [0, 0.05) is 27.1 Å². The predicted octanol–water partition coefficient (Wildman–Crippen LogP) is 5.85. The van der Waals surface area contributed by atoms with Crippen LogP contribution in [0.25, 0.3) is 17.1 Å². The number of halogens is 1. The summed E-state index contributed by atoms with van der Waals surface area (Å²) in [6.07, 6.45) is 0. The van der Waals surface area contributed by atoms with Gasteiger partial charge in [-0.15, -0.1) is 0 Å². The van der Waals surface area contributed by atoms with Crippen molar-refractivity contribution >= 4 is 21.7 Å². The second-order valence-corrected chi connectivity index (χ2v) is 9.85. The molecule has 0 spiro atoms. The molecule has 2 N–H and O–H groups in total. The Kier molecular flexibility index (Phi) is 6.38. The van der Waals surface area contributed by atoms with Gasteiger partial charge in [0.25, 0.3) is 0 Å². The lowest BCUT2D eigenvalue weighted by Gasteiger charge is -2.13. The maximum atomic E-state index is 13.6. The number of methoxy groups -OCH3 is 2. The molecule has 0 amide bonds. The highest BCUT2D eigenvalue weighted by molar-refractivity contribution is 9.10. The van der Waals surface area contributed by atoms with Gasteiger partial charge >= 0.3 is 0 Å². The summed E-state index contributed by atoms with van der Waals surface area (Å²) in [5, 5.41) is 26.1. The average Bonchev–Trinajstić information content (AvgIpc) is 3.42. The van der Waals surface area contributed by atoms with E-state index in [0.29, 0.717) is 28.4 Å². The molecule has 2 aromatic heterocycles. The molecule has 2 aromatic carbocycles. The van der Waals surface area contributed by atoms with E-state index in [2.05, 4.69) is 21.1 Å². The Balaban J connectivity index is 2.02. The molecule has 0 atom stereocenters. The second kappa shape index (κ2) is 9.14. The third kappa shape index (κ3) is 4.39. The maximum absolute atomic E-state index is 13.6.